The van der Waals surface area contributed by atoms with Crippen LogP contribution in [0.1, 0.15) is 18.4 Å². The van der Waals surface area contributed by atoms with E-state index >= 15 is 4.39 Å². The van der Waals surface area contributed by atoms with Gasteiger partial charge in [0.1, 0.15) is 17.0 Å². The zero-order chi connectivity index (χ0) is 24.8. The lowest BCUT2D eigenvalue weighted by molar-refractivity contribution is 0.331. The van der Waals surface area contributed by atoms with Gasteiger partial charge in [-0.15, -0.1) is 0 Å². The first-order chi connectivity index (χ1) is 18.2. The van der Waals surface area contributed by atoms with Crippen molar-refractivity contribution in [2.24, 2.45) is 0 Å². The zero-order valence-electron chi connectivity index (χ0n) is 19.8. The van der Waals surface area contributed by atoms with Gasteiger partial charge in [-0.25, -0.2) is 14.4 Å². The smallest absolute Gasteiger partial charge is 0.159 e. The monoisotopic (exact) mass is 491 g/mol. The Labute approximate surface area is 210 Å². The number of hydrogen-bond acceptors (Lipinski definition) is 7. The summed E-state index contributed by atoms with van der Waals surface area (Å²) in [6.07, 6.45) is 12.6. The van der Waals surface area contributed by atoms with Gasteiger partial charge in [0.2, 0.25) is 0 Å². The van der Waals surface area contributed by atoms with Gasteiger partial charge < -0.3 is 4.98 Å². The number of imidazole rings is 1. The maximum atomic E-state index is 16.1. The summed E-state index contributed by atoms with van der Waals surface area (Å²) in [5, 5.41) is 7.50. The van der Waals surface area contributed by atoms with Crippen molar-refractivity contribution in [1.82, 2.24) is 45.0 Å². The third-order valence-electron chi connectivity index (χ3n) is 6.82. The highest BCUT2D eigenvalue weighted by Gasteiger charge is 2.22. The number of halogens is 1. The van der Waals surface area contributed by atoms with Crippen molar-refractivity contribution in [2.75, 3.05) is 13.1 Å². The molecule has 0 bridgehead atoms. The van der Waals surface area contributed by atoms with Gasteiger partial charge in [-0.05, 0) is 55.8 Å². The zero-order valence-corrected chi connectivity index (χ0v) is 19.8. The normalized spacial score (nSPS) is 14.2. The molecule has 0 aromatic carbocycles. The Hall–Kier alpha value is -4.57. The molecule has 7 rings (SSSR count). The molecular formula is C27H22FN9. The number of aromatic nitrogens is 8. The van der Waals surface area contributed by atoms with Crippen molar-refractivity contribution < 1.29 is 4.39 Å². The maximum Gasteiger partial charge on any atom is 0.159 e. The highest BCUT2D eigenvalue weighted by Crippen LogP contribution is 2.34. The second kappa shape index (κ2) is 8.82. The lowest BCUT2D eigenvalue weighted by atomic mass is 10.0. The predicted octanol–water partition coefficient (Wildman–Crippen LogP) is 4.76. The van der Waals surface area contributed by atoms with Crippen molar-refractivity contribution in [3.63, 3.8) is 0 Å². The van der Waals surface area contributed by atoms with Crippen molar-refractivity contribution in [3.8, 4) is 33.9 Å². The highest BCUT2D eigenvalue weighted by atomic mass is 19.1. The van der Waals surface area contributed by atoms with Crippen molar-refractivity contribution in [2.45, 2.75) is 19.4 Å². The lowest BCUT2D eigenvalue weighted by Gasteiger charge is -2.15. The molecule has 0 aliphatic carbocycles. The molecule has 7 heterocycles. The topological polar surface area (TPSA) is 112 Å². The molecule has 0 radical (unpaired) electrons. The fourth-order valence-corrected chi connectivity index (χ4v) is 5.02. The molecule has 182 valence electrons. The first-order valence-electron chi connectivity index (χ1n) is 12.2. The maximum absolute atomic E-state index is 16.1. The minimum Gasteiger partial charge on any atom is -0.336 e. The molecule has 0 unspecified atom stereocenters. The van der Waals surface area contributed by atoms with Crippen LogP contribution in [0.25, 0.3) is 56.0 Å². The van der Waals surface area contributed by atoms with E-state index in [4.69, 9.17) is 4.98 Å². The Bertz CT molecular complexity index is 1740. The summed E-state index contributed by atoms with van der Waals surface area (Å²) < 4.78 is 16.1. The lowest BCUT2D eigenvalue weighted by Crippen LogP contribution is -2.18. The molecular weight excluding hydrogens is 469 g/mol. The van der Waals surface area contributed by atoms with Crippen molar-refractivity contribution >= 4 is 22.1 Å². The van der Waals surface area contributed by atoms with Crippen molar-refractivity contribution in [1.29, 1.82) is 0 Å². The molecule has 9 nitrogen and oxygen atoms in total. The summed E-state index contributed by atoms with van der Waals surface area (Å²) in [7, 11) is 0. The standard InChI is InChI=1S/C27H22FN9/c28-22-19(18-11-16(12-30-13-18)15-37-9-1-2-10-37)14-32-26-21(22)25(35-36-26)27-33-20-5-8-31-23(24(20)34-27)17-3-6-29-7-4-17/h3-8,11-14H,1-2,9-10,15H2,(H,33,34)(H,32,35,36). The van der Waals surface area contributed by atoms with Crippen molar-refractivity contribution in [3.05, 3.63) is 72.8 Å². The third-order valence-corrected chi connectivity index (χ3v) is 6.82. The van der Waals surface area contributed by atoms with Gasteiger partial charge in [-0.3, -0.25) is 25.0 Å². The molecule has 1 aliphatic rings. The molecule has 6 aromatic rings. The highest BCUT2D eigenvalue weighted by molar-refractivity contribution is 5.96. The summed E-state index contributed by atoms with van der Waals surface area (Å²) in [4.78, 5) is 27.9. The number of aromatic amines is 2. The van der Waals surface area contributed by atoms with Crippen LogP contribution in [0.2, 0.25) is 0 Å². The molecule has 0 atom stereocenters. The molecule has 6 aromatic heterocycles. The number of rotatable bonds is 5. The summed E-state index contributed by atoms with van der Waals surface area (Å²) in [5.74, 6) is 0.0186. The van der Waals surface area contributed by atoms with Crippen LogP contribution in [0.5, 0.6) is 0 Å². The molecule has 1 aliphatic heterocycles. The van der Waals surface area contributed by atoms with Crippen LogP contribution in [0, 0.1) is 5.82 Å². The van der Waals surface area contributed by atoms with Crippen LogP contribution in [0.3, 0.4) is 0 Å². The molecule has 2 N–H and O–H groups in total. The minimum atomic E-state index is -0.415. The van der Waals surface area contributed by atoms with E-state index in [1.807, 2.05) is 30.5 Å². The number of nitrogens with one attached hydrogen (secondary N) is 2. The van der Waals surface area contributed by atoms with Gasteiger partial charge in [0, 0.05) is 60.4 Å². The second-order valence-electron chi connectivity index (χ2n) is 9.22. The Balaban J connectivity index is 1.32. The van der Waals surface area contributed by atoms with Gasteiger partial charge in [-0.2, -0.15) is 5.10 Å². The van der Waals surface area contributed by atoms with Crippen LogP contribution in [-0.4, -0.2) is 58.1 Å². The van der Waals surface area contributed by atoms with E-state index in [-0.39, 0.29) is 5.39 Å². The predicted molar refractivity (Wildman–Crippen MR) is 138 cm³/mol. The fourth-order valence-electron chi connectivity index (χ4n) is 5.02. The molecule has 1 saturated heterocycles. The van der Waals surface area contributed by atoms with Gasteiger partial charge in [0.25, 0.3) is 0 Å². The molecule has 37 heavy (non-hydrogen) atoms. The minimum absolute atomic E-state index is 0.278. The number of H-pyrrole nitrogens is 2. The van der Waals surface area contributed by atoms with E-state index in [1.165, 1.54) is 19.0 Å². The average molecular weight is 492 g/mol. The third kappa shape index (κ3) is 3.82. The fraction of sp³-hybridized carbons (Fsp3) is 0.185. The molecule has 0 amide bonds. The number of fused-ring (bicyclic) bond motifs is 2. The average Bonchev–Trinajstić information content (AvgIpc) is 3.69. The van der Waals surface area contributed by atoms with Crippen LogP contribution >= 0.6 is 0 Å². The van der Waals surface area contributed by atoms with Crippen LogP contribution < -0.4 is 0 Å². The quantitative estimate of drug-likeness (QED) is 0.358. The Morgan fingerprint density at radius 3 is 2.62 bits per heavy atom. The van der Waals surface area contributed by atoms with Crippen LogP contribution in [0.4, 0.5) is 4.39 Å². The van der Waals surface area contributed by atoms with E-state index < -0.39 is 5.82 Å². The second-order valence-corrected chi connectivity index (χ2v) is 9.22. The first-order valence-corrected chi connectivity index (χ1v) is 12.2. The van der Waals surface area contributed by atoms with E-state index in [1.54, 1.807) is 24.8 Å². The van der Waals surface area contributed by atoms with E-state index in [2.05, 4.69) is 40.0 Å². The number of hydrogen-bond donors (Lipinski definition) is 2. The molecule has 0 spiro atoms. The summed E-state index contributed by atoms with van der Waals surface area (Å²) in [6.45, 7) is 2.97. The SMILES string of the molecule is Fc1c(-c2cncc(CN3CCCC3)c2)cnc2[nH]nc(-c3nc4c(-c5ccncc5)nccc4[nH]3)c12. The van der Waals surface area contributed by atoms with E-state index in [0.29, 0.717) is 39.5 Å². The van der Waals surface area contributed by atoms with Gasteiger partial charge in [-0.1, -0.05) is 0 Å². The number of likely N-dealkylation sites (tertiary alicyclic amines) is 1. The van der Waals surface area contributed by atoms with Crippen LogP contribution in [-0.2, 0) is 6.54 Å². The summed E-state index contributed by atoms with van der Waals surface area (Å²) >= 11 is 0. The number of nitrogens with zero attached hydrogens (tertiary/aromatic N) is 7. The molecule has 1 fully saturated rings. The van der Waals surface area contributed by atoms with Gasteiger partial charge in [0.15, 0.2) is 11.5 Å². The van der Waals surface area contributed by atoms with E-state index in [9.17, 15) is 0 Å². The Morgan fingerprint density at radius 1 is 0.892 bits per heavy atom. The number of pyridine rings is 4. The van der Waals surface area contributed by atoms with Gasteiger partial charge in [0.05, 0.1) is 16.6 Å². The first kappa shape index (κ1) is 21.7. The molecule has 0 saturated carbocycles. The largest absolute Gasteiger partial charge is 0.336 e. The van der Waals surface area contributed by atoms with E-state index in [0.717, 1.165) is 36.3 Å². The summed E-state index contributed by atoms with van der Waals surface area (Å²) in [5.41, 5.74) is 5.87. The Morgan fingerprint density at radius 2 is 1.76 bits per heavy atom. The van der Waals surface area contributed by atoms with Gasteiger partial charge >= 0.3 is 0 Å². The summed E-state index contributed by atoms with van der Waals surface area (Å²) in [6, 6.07) is 7.58. The Kier molecular flexibility index (Phi) is 5.17. The molecule has 10 heteroatoms. The van der Waals surface area contributed by atoms with Crippen LogP contribution in [0.15, 0.2) is 61.4 Å².